The Kier molecular flexibility index (Phi) is 9.08. The number of pyridine rings is 2. The molecule has 1 fully saturated rings. The van der Waals surface area contributed by atoms with Crippen LogP contribution in [0.3, 0.4) is 0 Å². The minimum atomic E-state index is -1.11. The normalized spacial score (nSPS) is 17.7. The van der Waals surface area contributed by atoms with Gasteiger partial charge in [0.1, 0.15) is 22.9 Å². The Morgan fingerprint density at radius 3 is 2.52 bits per heavy atom. The van der Waals surface area contributed by atoms with Crippen molar-refractivity contribution in [3.63, 3.8) is 0 Å². The summed E-state index contributed by atoms with van der Waals surface area (Å²) < 4.78 is 49.3. The van der Waals surface area contributed by atoms with E-state index in [9.17, 15) is 32.7 Å². The summed E-state index contributed by atoms with van der Waals surface area (Å²) in [6.07, 6.45) is 3.14. The van der Waals surface area contributed by atoms with Gasteiger partial charge in [0.05, 0.1) is 35.2 Å². The molecule has 14 heteroatoms. The number of alkyl carbamates (subject to hydrolysis) is 1. The fourth-order valence-electron chi connectivity index (χ4n) is 6.01. The van der Waals surface area contributed by atoms with Gasteiger partial charge in [0.2, 0.25) is 0 Å². The van der Waals surface area contributed by atoms with Crippen molar-refractivity contribution in [3.8, 4) is 11.3 Å². The second-order valence-corrected chi connectivity index (χ2v) is 12.5. The van der Waals surface area contributed by atoms with Gasteiger partial charge in [-0.1, -0.05) is 6.07 Å². The van der Waals surface area contributed by atoms with Crippen LogP contribution in [0.2, 0.25) is 0 Å². The minimum Gasteiger partial charge on any atom is -0.481 e. The first kappa shape index (κ1) is 32.5. The van der Waals surface area contributed by atoms with Gasteiger partial charge < -0.3 is 31.1 Å². The van der Waals surface area contributed by atoms with Crippen LogP contribution in [0.5, 0.6) is 0 Å². The predicted octanol–water partition coefficient (Wildman–Crippen LogP) is 5.39. The smallest absolute Gasteiger partial charge is 0.407 e. The van der Waals surface area contributed by atoms with Crippen LogP contribution in [-0.4, -0.2) is 57.8 Å². The molecule has 46 heavy (non-hydrogen) atoms. The molecule has 2 aliphatic rings. The number of aliphatic carboxylic acids is 1. The first-order valence-electron chi connectivity index (χ1n) is 14.9. The zero-order chi connectivity index (χ0) is 33.3. The average molecular weight is 641 g/mol. The monoisotopic (exact) mass is 640 g/mol. The maximum atomic E-state index is 14.9. The third-order valence-electron chi connectivity index (χ3n) is 7.86. The second-order valence-electron chi connectivity index (χ2n) is 12.5. The maximum Gasteiger partial charge on any atom is 0.407 e. The van der Waals surface area contributed by atoms with Gasteiger partial charge in [0, 0.05) is 36.8 Å². The number of aromatic nitrogens is 2. The zero-order valence-corrected chi connectivity index (χ0v) is 25.6. The van der Waals surface area contributed by atoms with Gasteiger partial charge in [-0.3, -0.25) is 14.6 Å². The number of rotatable bonds is 7. The van der Waals surface area contributed by atoms with Crippen LogP contribution in [0.15, 0.2) is 30.5 Å². The molecule has 0 saturated carbocycles. The van der Waals surface area contributed by atoms with Gasteiger partial charge in [-0.05, 0) is 64.2 Å². The number of benzene rings is 1. The lowest BCUT2D eigenvalue weighted by atomic mass is 10.0. The Hall–Kier alpha value is -4.88. The highest BCUT2D eigenvalue weighted by Crippen LogP contribution is 2.43. The summed E-state index contributed by atoms with van der Waals surface area (Å²) in [6, 6.07) is 3.49. The van der Waals surface area contributed by atoms with Crippen molar-refractivity contribution in [1.29, 1.82) is 0 Å². The summed E-state index contributed by atoms with van der Waals surface area (Å²) in [4.78, 5) is 48.2. The van der Waals surface area contributed by atoms with E-state index < -0.39 is 58.0 Å². The molecule has 0 bridgehead atoms. The van der Waals surface area contributed by atoms with E-state index in [2.05, 4.69) is 20.6 Å². The van der Waals surface area contributed by atoms with E-state index in [1.54, 1.807) is 20.8 Å². The molecule has 3 heterocycles. The fraction of sp³-hybridized carbons (Fsp3) is 0.406. The lowest BCUT2D eigenvalue weighted by Gasteiger charge is -2.37. The number of hydrogen-bond acceptors (Lipinski definition) is 8. The molecule has 1 aliphatic heterocycles. The number of carboxylic acid groups (broad SMARTS) is 1. The van der Waals surface area contributed by atoms with Gasteiger partial charge in [0.25, 0.3) is 5.91 Å². The first-order valence-corrected chi connectivity index (χ1v) is 14.9. The molecule has 3 aromatic rings. The molecule has 0 spiro atoms. The Morgan fingerprint density at radius 1 is 1.13 bits per heavy atom. The van der Waals surface area contributed by atoms with Gasteiger partial charge in [-0.15, -0.1) is 0 Å². The molecule has 5 N–H and O–H groups in total. The number of fused-ring (bicyclic) bond motifs is 1. The van der Waals surface area contributed by atoms with Crippen LogP contribution >= 0.6 is 0 Å². The number of anilines is 3. The third kappa shape index (κ3) is 7.00. The summed E-state index contributed by atoms with van der Waals surface area (Å²) in [5, 5.41) is 15.1. The van der Waals surface area contributed by atoms with Crippen molar-refractivity contribution in [2.24, 2.45) is 0 Å². The summed E-state index contributed by atoms with van der Waals surface area (Å²) in [5.74, 6) is -5.41. The first-order chi connectivity index (χ1) is 21.7. The maximum absolute atomic E-state index is 14.9. The molecule has 244 valence electrons. The predicted molar refractivity (Wildman–Crippen MR) is 164 cm³/mol. The molecule has 0 radical (unpaired) electrons. The van der Waals surface area contributed by atoms with Crippen LogP contribution in [0.25, 0.3) is 11.3 Å². The Morgan fingerprint density at radius 2 is 1.85 bits per heavy atom. The highest BCUT2D eigenvalue weighted by Gasteiger charge is 2.34. The van der Waals surface area contributed by atoms with E-state index in [4.69, 9.17) is 10.5 Å². The molecular weight excluding hydrogens is 605 g/mol. The molecule has 1 aliphatic carbocycles. The number of nitrogen functional groups attached to an aromatic ring is 1. The lowest BCUT2D eigenvalue weighted by Crippen LogP contribution is -2.49. The number of amides is 2. The Balaban J connectivity index is 1.50. The molecule has 2 aromatic heterocycles. The third-order valence-corrected chi connectivity index (χ3v) is 7.86. The van der Waals surface area contributed by atoms with Crippen LogP contribution < -0.4 is 21.3 Å². The Labute approximate surface area is 263 Å². The summed E-state index contributed by atoms with van der Waals surface area (Å²) in [5.41, 5.74) is 5.22. The zero-order valence-electron chi connectivity index (χ0n) is 25.6. The number of nitrogens with one attached hydrogen (secondary N) is 2. The van der Waals surface area contributed by atoms with E-state index in [0.717, 1.165) is 29.8 Å². The van der Waals surface area contributed by atoms with Crippen molar-refractivity contribution in [1.82, 2.24) is 15.3 Å². The fourth-order valence-corrected chi connectivity index (χ4v) is 6.01. The number of hydrogen-bond donors (Lipinski definition) is 4. The SMILES string of the molecule is CC(C)(C)OC(=O)N[C@H]1CCCN(c2c(NC(=O)c3nc(-c4c(F)cccc4F)c(F)cc3N)cnc3c2CCC3CC(=O)O)C1. The summed E-state index contributed by atoms with van der Waals surface area (Å²) in [6.45, 7) is 6.21. The molecule has 1 saturated heterocycles. The molecule has 1 aromatic carbocycles. The van der Waals surface area contributed by atoms with Crippen molar-refractivity contribution in [3.05, 3.63) is 64.9 Å². The highest BCUT2D eigenvalue weighted by molar-refractivity contribution is 6.08. The molecule has 2 amide bonds. The van der Waals surface area contributed by atoms with Gasteiger partial charge >= 0.3 is 12.1 Å². The van der Waals surface area contributed by atoms with E-state index in [1.165, 1.54) is 6.20 Å². The molecule has 11 nitrogen and oxygen atoms in total. The van der Waals surface area contributed by atoms with Crippen molar-refractivity contribution >= 4 is 35.0 Å². The highest BCUT2D eigenvalue weighted by atomic mass is 19.1. The number of piperidine rings is 1. The number of carboxylic acids is 1. The Bertz CT molecular complexity index is 1680. The summed E-state index contributed by atoms with van der Waals surface area (Å²) in [7, 11) is 0. The van der Waals surface area contributed by atoms with Crippen molar-refractivity contribution in [2.45, 2.75) is 70.4 Å². The second kappa shape index (κ2) is 12.9. The number of halogens is 3. The minimum absolute atomic E-state index is 0.112. The van der Waals surface area contributed by atoms with Gasteiger partial charge in [-0.25, -0.2) is 22.9 Å². The number of carbonyl (C=O) groups is 3. The van der Waals surface area contributed by atoms with E-state index in [0.29, 0.717) is 50.2 Å². The average Bonchev–Trinajstić information content (AvgIpc) is 3.34. The van der Waals surface area contributed by atoms with Crippen LogP contribution in [-0.2, 0) is 16.0 Å². The van der Waals surface area contributed by atoms with E-state index in [1.807, 2.05) is 4.90 Å². The summed E-state index contributed by atoms with van der Waals surface area (Å²) >= 11 is 0. The van der Waals surface area contributed by atoms with E-state index >= 15 is 0 Å². The number of ether oxygens (including phenoxy) is 1. The molecule has 1 unspecified atom stereocenters. The molecule has 2 atom stereocenters. The standard InChI is InChI=1S/C32H35F3N6O5/c1-32(2,3)46-31(45)38-17-6-5-11-41(15-17)29-18-10-9-16(12-24(42)43)26(18)37-14-23(29)39-30(44)28-22(36)13-21(35)27(40-28)25-19(33)7-4-8-20(25)34/h4,7-8,13-14,16-17H,5-6,9-12,15,36H2,1-3H3,(H,38,45)(H,39,44)(H,42,43)/t16?,17-/m0/s1. The number of nitrogens with zero attached hydrogens (tertiary/aromatic N) is 3. The van der Waals surface area contributed by atoms with Crippen molar-refractivity contribution < 1.29 is 37.4 Å². The van der Waals surface area contributed by atoms with Crippen LogP contribution in [0, 0.1) is 17.5 Å². The van der Waals surface area contributed by atoms with Gasteiger partial charge in [0.15, 0.2) is 11.5 Å². The van der Waals surface area contributed by atoms with Crippen LogP contribution in [0.4, 0.5) is 35.0 Å². The van der Waals surface area contributed by atoms with Crippen molar-refractivity contribution in [2.75, 3.05) is 29.0 Å². The molecular formula is C32H35F3N6O5. The molecule has 5 rings (SSSR count). The van der Waals surface area contributed by atoms with Gasteiger partial charge in [-0.2, -0.15) is 0 Å². The van der Waals surface area contributed by atoms with E-state index in [-0.39, 0.29) is 29.8 Å². The number of nitrogens with two attached hydrogens (primary N) is 1. The largest absolute Gasteiger partial charge is 0.481 e. The number of carbonyl (C=O) groups excluding carboxylic acids is 2. The lowest BCUT2D eigenvalue weighted by molar-refractivity contribution is -0.137. The topological polar surface area (TPSA) is 160 Å². The van der Waals surface area contributed by atoms with Crippen LogP contribution in [0.1, 0.15) is 74.1 Å². The quantitative estimate of drug-likeness (QED) is 0.265.